The predicted octanol–water partition coefficient (Wildman–Crippen LogP) is 2.20. The SMILES string of the molecule is C[C@H](NC(=O)C(C)(C)F)c1ccco1. The molecule has 0 bridgehead atoms. The molecule has 0 spiro atoms. The second kappa shape index (κ2) is 3.82. The van der Waals surface area contributed by atoms with E-state index in [1.165, 1.54) is 20.1 Å². The van der Waals surface area contributed by atoms with E-state index in [1.54, 1.807) is 19.1 Å². The molecule has 0 aliphatic carbocycles. The minimum Gasteiger partial charge on any atom is -0.467 e. The van der Waals surface area contributed by atoms with Gasteiger partial charge in [0.15, 0.2) is 5.67 Å². The smallest absolute Gasteiger partial charge is 0.257 e. The molecule has 1 aromatic heterocycles. The second-order valence-corrected chi connectivity index (χ2v) is 3.68. The van der Waals surface area contributed by atoms with E-state index in [-0.39, 0.29) is 6.04 Å². The Labute approximate surface area is 82.3 Å². The van der Waals surface area contributed by atoms with E-state index in [1.807, 2.05) is 0 Å². The highest BCUT2D eigenvalue weighted by molar-refractivity contribution is 5.84. The maximum absolute atomic E-state index is 13.1. The van der Waals surface area contributed by atoms with Crippen LogP contribution in [0.3, 0.4) is 0 Å². The van der Waals surface area contributed by atoms with Crippen LogP contribution in [-0.4, -0.2) is 11.6 Å². The largest absolute Gasteiger partial charge is 0.467 e. The van der Waals surface area contributed by atoms with Crippen LogP contribution in [0.5, 0.6) is 0 Å². The molecule has 1 aromatic rings. The van der Waals surface area contributed by atoms with Crippen molar-refractivity contribution in [1.82, 2.24) is 5.32 Å². The molecule has 0 fully saturated rings. The Morgan fingerprint density at radius 2 is 2.29 bits per heavy atom. The number of rotatable bonds is 3. The number of halogens is 1. The third-order valence-corrected chi connectivity index (χ3v) is 1.86. The molecule has 1 amide bonds. The van der Waals surface area contributed by atoms with Crippen molar-refractivity contribution >= 4 is 5.91 Å². The van der Waals surface area contributed by atoms with Gasteiger partial charge in [-0.1, -0.05) is 0 Å². The van der Waals surface area contributed by atoms with Crippen LogP contribution >= 0.6 is 0 Å². The van der Waals surface area contributed by atoms with Crippen LogP contribution in [0.1, 0.15) is 32.6 Å². The van der Waals surface area contributed by atoms with Gasteiger partial charge in [-0.2, -0.15) is 0 Å². The first kappa shape index (κ1) is 10.8. The van der Waals surface area contributed by atoms with Crippen LogP contribution in [0.4, 0.5) is 4.39 Å². The summed E-state index contributed by atoms with van der Waals surface area (Å²) in [5.41, 5.74) is -1.86. The van der Waals surface area contributed by atoms with Crippen molar-refractivity contribution in [3.8, 4) is 0 Å². The molecule has 0 aromatic carbocycles. The summed E-state index contributed by atoms with van der Waals surface area (Å²) in [6, 6.07) is 3.14. The zero-order chi connectivity index (χ0) is 10.8. The van der Waals surface area contributed by atoms with Crippen LogP contribution in [-0.2, 0) is 4.79 Å². The molecule has 78 valence electrons. The van der Waals surface area contributed by atoms with Gasteiger partial charge in [0, 0.05) is 0 Å². The summed E-state index contributed by atoms with van der Waals surface area (Å²) in [6.45, 7) is 4.18. The molecule has 1 rings (SSSR count). The number of carbonyl (C=O) groups is 1. The fourth-order valence-electron chi connectivity index (χ4n) is 0.977. The third kappa shape index (κ3) is 2.58. The van der Waals surface area contributed by atoms with Gasteiger partial charge >= 0.3 is 0 Å². The van der Waals surface area contributed by atoms with Crippen molar-refractivity contribution in [3.63, 3.8) is 0 Å². The van der Waals surface area contributed by atoms with Gasteiger partial charge in [-0.3, -0.25) is 4.79 Å². The highest BCUT2D eigenvalue weighted by Crippen LogP contribution is 2.15. The van der Waals surface area contributed by atoms with E-state index in [0.717, 1.165) is 0 Å². The van der Waals surface area contributed by atoms with Crippen molar-refractivity contribution in [2.24, 2.45) is 0 Å². The highest BCUT2D eigenvalue weighted by Gasteiger charge is 2.28. The quantitative estimate of drug-likeness (QED) is 0.810. The molecule has 0 radical (unpaired) electrons. The molecule has 4 heteroatoms. The minimum absolute atomic E-state index is 0.312. The summed E-state index contributed by atoms with van der Waals surface area (Å²) >= 11 is 0. The number of amides is 1. The molecule has 1 N–H and O–H groups in total. The zero-order valence-electron chi connectivity index (χ0n) is 8.50. The van der Waals surface area contributed by atoms with Gasteiger partial charge in [0.25, 0.3) is 5.91 Å². The number of furan rings is 1. The lowest BCUT2D eigenvalue weighted by Gasteiger charge is -2.17. The van der Waals surface area contributed by atoms with Crippen LogP contribution in [0.15, 0.2) is 22.8 Å². The molecule has 1 heterocycles. The average Bonchev–Trinajstić information content (AvgIpc) is 2.53. The normalized spacial score (nSPS) is 13.7. The first-order valence-corrected chi connectivity index (χ1v) is 4.44. The van der Waals surface area contributed by atoms with Crippen molar-refractivity contribution in [1.29, 1.82) is 0 Å². The Kier molecular flexibility index (Phi) is 2.93. The second-order valence-electron chi connectivity index (χ2n) is 3.68. The topological polar surface area (TPSA) is 42.2 Å². The summed E-state index contributed by atoms with van der Waals surface area (Å²) in [6.07, 6.45) is 1.51. The minimum atomic E-state index is -1.86. The molecule has 0 aliphatic heterocycles. The lowest BCUT2D eigenvalue weighted by Crippen LogP contribution is -2.39. The van der Waals surface area contributed by atoms with E-state index in [2.05, 4.69) is 5.32 Å². The van der Waals surface area contributed by atoms with Gasteiger partial charge in [-0.25, -0.2) is 4.39 Å². The van der Waals surface area contributed by atoms with Crippen molar-refractivity contribution in [2.45, 2.75) is 32.5 Å². The number of hydrogen-bond donors (Lipinski definition) is 1. The van der Waals surface area contributed by atoms with Gasteiger partial charge < -0.3 is 9.73 Å². The zero-order valence-corrected chi connectivity index (χ0v) is 8.50. The fraction of sp³-hybridized carbons (Fsp3) is 0.500. The summed E-state index contributed by atoms with van der Waals surface area (Å²) in [7, 11) is 0. The van der Waals surface area contributed by atoms with Crippen molar-refractivity contribution in [2.75, 3.05) is 0 Å². The predicted molar refractivity (Wildman–Crippen MR) is 50.5 cm³/mol. The number of hydrogen-bond acceptors (Lipinski definition) is 2. The Hall–Kier alpha value is -1.32. The van der Waals surface area contributed by atoms with Crippen molar-refractivity contribution < 1.29 is 13.6 Å². The van der Waals surface area contributed by atoms with E-state index >= 15 is 0 Å². The first-order chi connectivity index (χ1) is 6.41. The summed E-state index contributed by atoms with van der Waals surface area (Å²) in [5, 5.41) is 2.51. The molecule has 0 unspecified atom stereocenters. The standard InChI is InChI=1S/C10H14FNO2/c1-7(8-5-4-6-14-8)12-9(13)10(2,3)11/h4-7H,1-3H3,(H,12,13)/t7-/m0/s1. The van der Waals surface area contributed by atoms with Crippen LogP contribution in [0.2, 0.25) is 0 Å². The molecule has 1 atom stereocenters. The number of alkyl halides is 1. The lowest BCUT2D eigenvalue weighted by molar-refractivity contribution is -0.131. The van der Waals surface area contributed by atoms with Gasteiger partial charge in [-0.05, 0) is 32.9 Å². The maximum Gasteiger partial charge on any atom is 0.257 e. The Bertz CT molecular complexity index is 300. The van der Waals surface area contributed by atoms with Crippen LogP contribution in [0.25, 0.3) is 0 Å². The van der Waals surface area contributed by atoms with E-state index in [4.69, 9.17) is 4.42 Å². The Morgan fingerprint density at radius 3 is 2.71 bits per heavy atom. The van der Waals surface area contributed by atoms with E-state index in [0.29, 0.717) is 5.76 Å². The maximum atomic E-state index is 13.1. The third-order valence-electron chi connectivity index (χ3n) is 1.86. The van der Waals surface area contributed by atoms with Crippen molar-refractivity contribution in [3.05, 3.63) is 24.2 Å². The highest BCUT2D eigenvalue weighted by atomic mass is 19.1. The average molecular weight is 199 g/mol. The van der Waals surface area contributed by atoms with Gasteiger partial charge in [0.1, 0.15) is 5.76 Å². The van der Waals surface area contributed by atoms with E-state index < -0.39 is 11.6 Å². The summed E-state index contributed by atoms with van der Waals surface area (Å²) < 4.78 is 18.2. The van der Waals surface area contributed by atoms with Gasteiger partial charge in [-0.15, -0.1) is 0 Å². The van der Waals surface area contributed by atoms with Gasteiger partial charge in [0.05, 0.1) is 12.3 Å². The molecular weight excluding hydrogens is 185 g/mol. The van der Waals surface area contributed by atoms with Crippen LogP contribution < -0.4 is 5.32 Å². The molecule has 0 saturated heterocycles. The Balaban J connectivity index is 2.58. The molecular formula is C10H14FNO2. The first-order valence-electron chi connectivity index (χ1n) is 4.44. The summed E-state index contributed by atoms with van der Waals surface area (Å²) in [4.78, 5) is 11.2. The number of carbonyl (C=O) groups excluding carboxylic acids is 1. The fourth-order valence-corrected chi connectivity index (χ4v) is 0.977. The van der Waals surface area contributed by atoms with E-state index in [9.17, 15) is 9.18 Å². The molecule has 3 nitrogen and oxygen atoms in total. The Morgan fingerprint density at radius 1 is 1.64 bits per heavy atom. The summed E-state index contributed by atoms with van der Waals surface area (Å²) in [5.74, 6) is -0.0241. The lowest BCUT2D eigenvalue weighted by atomic mass is 10.1. The molecule has 0 saturated carbocycles. The van der Waals surface area contributed by atoms with Gasteiger partial charge in [0.2, 0.25) is 0 Å². The molecule has 0 aliphatic rings. The molecule has 14 heavy (non-hydrogen) atoms. The monoisotopic (exact) mass is 199 g/mol. The van der Waals surface area contributed by atoms with Crippen LogP contribution in [0, 0.1) is 0 Å². The number of nitrogens with one attached hydrogen (secondary N) is 1.